The number of carbonyl (C=O) groups is 1. The molecule has 1 saturated heterocycles. The lowest BCUT2D eigenvalue weighted by Gasteiger charge is -2.30. The predicted molar refractivity (Wildman–Crippen MR) is 106 cm³/mol. The molecule has 1 fully saturated rings. The lowest BCUT2D eigenvalue weighted by molar-refractivity contribution is -0.380. The van der Waals surface area contributed by atoms with Gasteiger partial charge in [-0.25, -0.2) is 5.43 Å². The number of hydrazone groups is 1. The molecular formula is C18H19ClN4O3S. The van der Waals surface area contributed by atoms with Crippen molar-refractivity contribution in [2.45, 2.75) is 19.4 Å². The third-order valence-electron chi connectivity index (χ3n) is 4.44. The normalized spacial score (nSPS) is 15.9. The lowest BCUT2D eigenvalue weighted by Crippen LogP contribution is -2.39. The molecule has 7 nitrogen and oxygen atoms in total. The van der Waals surface area contributed by atoms with Crippen molar-refractivity contribution < 1.29 is 9.72 Å². The van der Waals surface area contributed by atoms with Crippen molar-refractivity contribution in [2.24, 2.45) is 11.0 Å². The number of nitrogens with zero attached hydrogens (tertiary/aromatic N) is 3. The first-order chi connectivity index (χ1) is 13.0. The second-order valence-corrected chi connectivity index (χ2v) is 7.87. The van der Waals surface area contributed by atoms with Crippen molar-refractivity contribution in [3.63, 3.8) is 0 Å². The number of rotatable bonds is 6. The van der Waals surface area contributed by atoms with Gasteiger partial charge in [-0.05, 0) is 49.7 Å². The van der Waals surface area contributed by atoms with Gasteiger partial charge in [-0.15, -0.1) is 0 Å². The Hall–Kier alpha value is -2.29. The molecule has 2 aromatic rings. The summed E-state index contributed by atoms with van der Waals surface area (Å²) in [6.45, 7) is 2.55. The third kappa shape index (κ3) is 5.59. The third-order valence-corrected chi connectivity index (χ3v) is 5.66. The van der Waals surface area contributed by atoms with Crippen LogP contribution in [0.4, 0.5) is 5.00 Å². The maximum Gasteiger partial charge on any atom is 0.324 e. The molecule has 1 aromatic carbocycles. The highest BCUT2D eigenvalue weighted by molar-refractivity contribution is 7.16. The number of benzene rings is 1. The minimum Gasteiger partial charge on any atom is -0.299 e. The van der Waals surface area contributed by atoms with Crippen molar-refractivity contribution in [3.05, 3.63) is 62.0 Å². The van der Waals surface area contributed by atoms with E-state index < -0.39 is 4.92 Å². The Balaban J connectivity index is 1.43. The summed E-state index contributed by atoms with van der Waals surface area (Å²) in [5, 5.41) is 15.4. The van der Waals surface area contributed by atoms with Crippen molar-refractivity contribution in [3.8, 4) is 0 Å². The molecule has 9 heteroatoms. The van der Waals surface area contributed by atoms with Crippen molar-refractivity contribution in [1.29, 1.82) is 0 Å². The number of likely N-dealkylation sites (tertiary alicyclic amines) is 1. The Morgan fingerprint density at radius 1 is 1.30 bits per heavy atom. The van der Waals surface area contributed by atoms with Crippen LogP contribution < -0.4 is 5.43 Å². The van der Waals surface area contributed by atoms with Gasteiger partial charge in [-0.1, -0.05) is 35.1 Å². The first kappa shape index (κ1) is 19.5. The van der Waals surface area contributed by atoms with Gasteiger partial charge in [0, 0.05) is 23.6 Å². The average Bonchev–Trinajstić information content (AvgIpc) is 3.13. The van der Waals surface area contributed by atoms with Crippen LogP contribution >= 0.6 is 22.9 Å². The number of nitrogens with one attached hydrogen (secondary N) is 1. The summed E-state index contributed by atoms with van der Waals surface area (Å²) in [5.74, 6) is -0.176. The van der Waals surface area contributed by atoms with E-state index in [-0.39, 0.29) is 16.8 Å². The number of hydrogen-bond acceptors (Lipinski definition) is 6. The van der Waals surface area contributed by atoms with E-state index >= 15 is 0 Å². The Labute approximate surface area is 165 Å². The van der Waals surface area contributed by atoms with Crippen LogP contribution in [0.25, 0.3) is 0 Å². The standard InChI is InChI=1S/C18H19ClN4O3S/c19-15-3-1-13(2-4-15)12-22-9-7-14(8-10-22)18(24)21-20-11-16-5-6-17(27-16)23(25)26/h1-6,11,14H,7-10,12H2,(H,21,24)/b20-11+. The number of piperidine rings is 1. The van der Waals surface area contributed by atoms with Crippen LogP contribution in [0, 0.1) is 16.0 Å². The van der Waals surface area contributed by atoms with Crippen LogP contribution in [0.2, 0.25) is 5.02 Å². The zero-order valence-corrected chi connectivity index (χ0v) is 16.1. The highest BCUT2D eigenvalue weighted by atomic mass is 35.5. The summed E-state index contributed by atoms with van der Waals surface area (Å²) in [5.41, 5.74) is 3.75. The van der Waals surface area contributed by atoms with Gasteiger partial charge in [0.15, 0.2) is 0 Å². The van der Waals surface area contributed by atoms with Gasteiger partial charge in [0.05, 0.1) is 16.0 Å². The maximum absolute atomic E-state index is 12.2. The maximum atomic E-state index is 12.2. The van der Waals surface area contributed by atoms with E-state index in [4.69, 9.17) is 11.6 Å². The number of carbonyl (C=O) groups excluding carboxylic acids is 1. The molecular weight excluding hydrogens is 388 g/mol. The molecule has 1 aromatic heterocycles. The van der Waals surface area contributed by atoms with Gasteiger partial charge in [-0.2, -0.15) is 5.10 Å². The summed E-state index contributed by atoms with van der Waals surface area (Å²) in [6.07, 6.45) is 2.99. The van der Waals surface area contributed by atoms with E-state index in [9.17, 15) is 14.9 Å². The number of amides is 1. The van der Waals surface area contributed by atoms with Gasteiger partial charge < -0.3 is 0 Å². The summed E-state index contributed by atoms with van der Waals surface area (Å²) in [4.78, 5) is 25.4. The molecule has 1 aliphatic heterocycles. The molecule has 1 amide bonds. The summed E-state index contributed by atoms with van der Waals surface area (Å²) in [7, 11) is 0. The molecule has 0 aliphatic carbocycles. The van der Waals surface area contributed by atoms with Crippen LogP contribution in [0.5, 0.6) is 0 Å². The van der Waals surface area contributed by atoms with Crippen LogP contribution in [0.15, 0.2) is 41.5 Å². The van der Waals surface area contributed by atoms with Crippen molar-refractivity contribution in [1.82, 2.24) is 10.3 Å². The van der Waals surface area contributed by atoms with Gasteiger partial charge >= 0.3 is 5.00 Å². The number of nitro groups is 1. The molecule has 2 heterocycles. The fourth-order valence-corrected chi connectivity index (χ4v) is 3.78. The second-order valence-electron chi connectivity index (χ2n) is 6.34. The highest BCUT2D eigenvalue weighted by Gasteiger charge is 2.24. The first-order valence-corrected chi connectivity index (χ1v) is 9.74. The highest BCUT2D eigenvalue weighted by Crippen LogP contribution is 2.22. The van der Waals surface area contributed by atoms with Gasteiger partial charge in [0.25, 0.3) is 0 Å². The van der Waals surface area contributed by atoms with E-state index in [2.05, 4.69) is 15.4 Å². The molecule has 0 saturated carbocycles. The van der Waals surface area contributed by atoms with E-state index in [1.165, 1.54) is 17.8 Å². The van der Waals surface area contributed by atoms with E-state index in [0.717, 1.165) is 48.8 Å². The van der Waals surface area contributed by atoms with E-state index in [0.29, 0.717) is 4.88 Å². The van der Waals surface area contributed by atoms with Crippen molar-refractivity contribution >= 4 is 40.1 Å². The van der Waals surface area contributed by atoms with Crippen LogP contribution in [0.1, 0.15) is 23.3 Å². The Morgan fingerprint density at radius 2 is 2.00 bits per heavy atom. The zero-order valence-electron chi connectivity index (χ0n) is 14.5. The SMILES string of the molecule is O=C(N/N=C/c1ccc([N+](=O)[O-])s1)C1CCN(Cc2ccc(Cl)cc2)CC1. The van der Waals surface area contributed by atoms with Gasteiger partial charge in [0.1, 0.15) is 0 Å². The van der Waals surface area contributed by atoms with E-state index in [1.807, 2.05) is 24.3 Å². The Morgan fingerprint density at radius 3 is 2.63 bits per heavy atom. The second kappa shape index (κ2) is 9.07. The fourth-order valence-electron chi connectivity index (χ4n) is 2.96. The fraction of sp³-hybridized carbons (Fsp3) is 0.333. The number of halogens is 1. The van der Waals surface area contributed by atoms with E-state index in [1.54, 1.807) is 6.07 Å². The summed E-state index contributed by atoms with van der Waals surface area (Å²) < 4.78 is 0. The summed E-state index contributed by atoms with van der Waals surface area (Å²) >= 11 is 6.92. The molecule has 27 heavy (non-hydrogen) atoms. The Kier molecular flexibility index (Phi) is 6.54. The first-order valence-electron chi connectivity index (χ1n) is 8.55. The minimum absolute atomic E-state index is 0.0517. The Bertz CT molecular complexity index is 829. The molecule has 0 unspecified atom stereocenters. The molecule has 1 N–H and O–H groups in total. The molecule has 3 rings (SSSR count). The molecule has 142 valence electrons. The smallest absolute Gasteiger partial charge is 0.299 e. The summed E-state index contributed by atoms with van der Waals surface area (Å²) in [6, 6.07) is 10.8. The quantitative estimate of drug-likeness (QED) is 0.450. The minimum atomic E-state index is -0.446. The van der Waals surface area contributed by atoms with Crippen LogP contribution in [-0.4, -0.2) is 35.0 Å². The van der Waals surface area contributed by atoms with Crippen molar-refractivity contribution in [2.75, 3.05) is 13.1 Å². The predicted octanol–water partition coefficient (Wildman–Crippen LogP) is 3.67. The number of hydrogen-bond donors (Lipinski definition) is 1. The molecule has 0 bridgehead atoms. The average molecular weight is 407 g/mol. The van der Waals surface area contributed by atoms with Crippen LogP contribution in [0.3, 0.4) is 0 Å². The van der Waals surface area contributed by atoms with Gasteiger partial charge in [0.2, 0.25) is 5.91 Å². The molecule has 0 radical (unpaired) electrons. The monoisotopic (exact) mass is 406 g/mol. The van der Waals surface area contributed by atoms with Gasteiger partial charge in [-0.3, -0.25) is 19.8 Å². The molecule has 0 atom stereocenters. The lowest BCUT2D eigenvalue weighted by atomic mass is 9.96. The molecule has 0 spiro atoms. The molecule has 1 aliphatic rings. The van der Waals surface area contributed by atoms with Crippen LogP contribution in [-0.2, 0) is 11.3 Å². The number of thiophene rings is 1. The zero-order chi connectivity index (χ0) is 19.2. The topological polar surface area (TPSA) is 87.8 Å². The largest absolute Gasteiger partial charge is 0.324 e.